The van der Waals surface area contributed by atoms with Crippen LogP contribution in [-0.4, -0.2) is 15.4 Å². The van der Waals surface area contributed by atoms with E-state index >= 15 is 0 Å². The lowest BCUT2D eigenvalue weighted by Gasteiger charge is -2.05. The molecular formula is C11H10N2OS. The second-order valence-electron chi connectivity index (χ2n) is 3.36. The Labute approximate surface area is 91.9 Å². The Kier molecular flexibility index (Phi) is 2.60. The molecule has 0 aliphatic heterocycles. The Balaban J connectivity index is 2.47. The number of hydrogen-bond acceptors (Lipinski definition) is 4. The second-order valence-corrected chi connectivity index (χ2v) is 4.14. The molecule has 0 N–H and O–H groups in total. The zero-order valence-corrected chi connectivity index (χ0v) is 9.34. The molecule has 0 unspecified atom stereocenters. The number of nitrogens with zero attached hydrogens (tertiary/aromatic N) is 2. The van der Waals surface area contributed by atoms with E-state index < -0.39 is 0 Å². The summed E-state index contributed by atoms with van der Waals surface area (Å²) in [5, 5.41) is 3.67. The van der Waals surface area contributed by atoms with Crippen molar-refractivity contribution in [3.05, 3.63) is 46.0 Å². The number of aromatic nitrogens is 2. The number of hydrogen-bond donors (Lipinski definition) is 0. The largest absolute Gasteiger partial charge is 0.288 e. The van der Waals surface area contributed by atoms with Crippen molar-refractivity contribution < 1.29 is 4.79 Å². The highest BCUT2D eigenvalue weighted by atomic mass is 32.1. The van der Waals surface area contributed by atoms with E-state index in [1.807, 2.05) is 32.0 Å². The summed E-state index contributed by atoms with van der Waals surface area (Å²) in [6, 6.07) is 5.73. The van der Waals surface area contributed by atoms with E-state index in [-0.39, 0.29) is 5.78 Å². The van der Waals surface area contributed by atoms with Crippen molar-refractivity contribution in [2.45, 2.75) is 13.8 Å². The fraction of sp³-hybridized carbons (Fsp3) is 0.182. The number of rotatable bonds is 2. The summed E-state index contributed by atoms with van der Waals surface area (Å²) in [6.45, 7) is 3.95. The zero-order chi connectivity index (χ0) is 10.8. The first-order chi connectivity index (χ1) is 7.20. The lowest BCUT2D eigenvalue weighted by molar-refractivity contribution is 0.104. The van der Waals surface area contributed by atoms with Crippen LogP contribution in [0.25, 0.3) is 0 Å². The van der Waals surface area contributed by atoms with Crippen molar-refractivity contribution >= 4 is 17.3 Å². The number of ketones is 1. The van der Waals surface area contributed by atoms with Crippen LogP contribution in [0.4, 0.5) is 0 Å². The first-order valence-corrected chi connectivity index (χ1v) is 5.36. The molecule has 1 heterocycles. The number of carbonyl (C=O) groups excluding carboxylic acids is 1. The van der Waals surface area contributed by atoms with Gasteiger partial charge < -0.3 is 0 Å². The van der Waals surface area contributed by atoms with E-state index in [1.54, 1.807) is 0 Å². The fourth-order valence-corrected chi connectivity index (χ4v) is 1.87. The average molecular weight is 218 g/mol. The molecule has 0 aliphatic carbocycles. The molecule has 3 nitrogen and oxygen atoms in total. The zero-order valence-electron chi connectivity index (χ0n) is 8.52. The molecule has 4 heteroatoms. The molecule has 0 spiro atoms. The van der Waals surface area contributed by atoms with Gasteiger partial charge in [0, 0.05) is 5.56 Å². The lowest BCUT2D eigenvalue weighted by Crippen LogP contribution is -2.02. The molecule has 76 valence electrons. The maximum absolute atomic E-state index is 12.0. The minimum atomic E-state index is 0.00574. The Bertz CT molecular complexity index is 491. The molecular weight excluding hydrogens is 208 g/mol. The molecule has 0 amide bonds. The number of benzene rings is 1. The van der Waals surface area contributed by atoms with Crippen LogP contribution in [0.1, 0.15) is 26.4 Å². The van der Waals surface area contributed by atoms with Gasteiger partial charge in [-0.1, -0.05) is 22.7 Å². The van der Waals surface area contributed by atoms with Crippen molar-refractivity contribution in [2.75, 3.05) is 0 Å². The molecule has 1 aromatic carbocycles. The minimum absolute atomic E-state index is 0.00574. The van der Waals surface area contributed by atoms with E-state index in [9.17, 15) is 4.79 Å². The van der Waals surface area contributed by atoms with Gasteiger partial charge in [-0.2, -0.15) is 0 Å². The Morgan fingerprint density at radius 2 is 2.13 bits per heavy atom. The van der Waals surface area contributed by atoms with Gasteiger partial charge in [-0.15, -0.1) is 5.10 Å². The van der Waals surface area contributed by atoms with Crippen molar-refractivity contribution in [2.24, 2.45) is 0 Å². The van der Waals surface area contributed by atoms with Gasteiger partial charge in [0.2, 0.25) is 5.78 Å². The predicted molar refractivity (Wildman–Crippen MR) is 59.3 cm³/mol. The smallest absolute Gasteiger partial charge is 0.206 e. The van der Waals surface area contributed by atoms with Crippen molar-refractivity contribution in [3.63, 3.8) is 0 Å². The highest BCUT2D eigenvalue weighted by Gasteiger charge is 2.14. The van der Waals surface area contributed by atoms with Crippen molar-refractivity contribution in [3.8, 4) is 0 Å². The third-order valence-corrected chi connectivity index (χ3v) is 3.10. The van der Waals surface area contributed by atoms with E-state index in [4.69, 9.17) is 0 Å². The Hall–Kier alpha value is -1.55. The van der Waals surface area contributed by atoms with Gasteiger partial charge in [-0.05, 0) is 36.5 Å². The molecule has 2 aromatic rings. The van der Waals surface area contributed by atoms with Gasteiger partial charge >= 0.3 is 0 Å². The monoisotopic (exact) mass is 218 g/mol. The minimum Gasteiger partial charge on any atom is -0.288 e. The molecule has 0 bridgehead atoms. The first kappa shape index (κ1) is 9.98. The third-order valence-electron chi connectivity index (χ3n) is 2.43. The van der Waals surface area contributed by atoms with Gasteiger partial charge in [-0.25, -0.2) is 0 Å². The van der Waals surface area contributed by atoms with Crippen molar-refractivity contribution in [1.29, 1.82) is 0 Å². The summed E-state index contributed by atoms with van der Waals surface area (Å²) in [5.74, 6) is 0.00574. The maximum atomic E-state index is 12.0. The Morgan fingerprint density at radius 1 is 1.33 bits per heavy atom. The van der Waals surface area contributed by atoms with Crippen molar-refractivity contribution in [1.82, 2.24) is 9.59 Å². The molecule has 0 radical (unpaired) electrons. The summed E-state index contributed by atoms with van der Waals surface area (Å²) in [7, 11) is 0. The predicted octanol–water partition coefficient (Wildman–Crippen LogP) is 2.39. The molecule has 0 atom stereocenters. The number of carbonyl (C=O) groups is 1. The SMILES string of the molecule is Cc1cccc(C(=O)c2cnns2)c1C. The Morgan fingerprint density at radius 3 is 2.80 bits per heavy atom. The van der Waals surface area contributed by atoms with Crippen LogP contribution in [0.3, 0.4) is 0 Å². The summed E-state index contributed by atoms with van der Waals surface area (Å²) < 4.78 is 3.69. The van der Waals surface area contributed by atoms with Gasteiger partial charge in [0.15, 0.2) is 0 Å². The summed E-state index contributed by atoms with van der Waals surface area (Å²) >= 11 is 1.13. The van der Waals surface area contributed by atoms with Gasteiger partial charge in [-0.3, -0.25) is 4.79 Å². The van der Waals surface area contributed by atoms with Gasteiger partial charge in [0.1, 0.15) is 4.88 Å². The normalized spacial score (nSPS) is 10.3. The van der Waals surface area contributed by atoms with Crippen LogP contribution in [0.5, 0.6) is 0 Å². The van der Waals surface area contributed by atoms with Gasteiger partial charge in [0.25, 0.3) is 0 Å². The van der Waals surface area contributed by atoms with E-state index in [1.165, 1.54) is 6.20 Å². The van der Waals surface area contributed by atoms with Gasteiger partial charge in [0.05, 0.1) is 6.20 Å². The topological polar surface area (TPSA) is 42.9 Å². The van der Waals surface area contributed by atoms with Crippen LogP contribution >= 0.6 is 11.5 Å². The first-order valence-electron chi connectivity index (χ1n) is 4.58. The standard InChI is InChI=1S/C11H10N2OS/c1-7-4-3-5-9(8(7)2)11(14)10-6-12-13-15-10/h3-6H,1-2H3. The quantitative estimate of drug-likeness (QED) is 0.727. The van der Waals surface area contributed by atoms with E-state index in [2.05, 4.69) is 9.59 Å². The van der Waals surface area contributed by atoms with Crippen LogP contribution < -0.4 is 0 Å². The highest BCUT2D eigenvalue weighted by Crippen LogP contribution is 2.17. The molecule has 1 aromatic heterocycles. The van der Waals surface area contributed by atoms with E-state index in [0.29, 0.717) is 4.88 Å². The molecule has 2 rings (SSSR count). The second kappa shape index (κ2) is 3.90. The van der Waals surface area contributed by atoms with Crippen LogP contribution in [0, 0.1) is 13.8 Å². The lowest BCUT2D eigenvalue weighted by atomic mass is 10.00. The highest BCUT2D eigenvalue weighted by molar-refractivity contribution is 7.08. The third kappa shape index (κ3) is 1.80. The maximum Gasteiger partial charge on any atom is 0.206 e. The molecule has 0 fully saturated rings. The number of aryl methyl sites for hydroxylation is 1. The molecule has 0 aliphatic rings. The molecule has 15 heavy (non-hydrogen) atoms. The molecule has 0 saturated carbocycles. The summed E-state index contributed by atoms with van der Waals surface area (Å²) in [5.41, 5.74) is 2.88. The van der Waals surface area contributed by atoms with Crippen LogP contribution in [0.2, 0.25) is 0 Å². The average Bonchev–Trinajstić information content (AvgIpc) is 2.74. The summed E-state index contributed by atoms with van der Waals surface area (Å²) in [6.07, 6.45) is 1.51. The van der Waals surface area contributed by atoms with Crippen LogP contribution in [0.15, 0.2) is 24.4 Å². The van der Waals surface area contributed by atoms with Crippen LogP contribution in [-0.2, 0) is 0 Å². The molecule has 0 saturated heterocycles. The summed E-state index contributed by atoms with van der Waals surface area (Å²) in [4.78, 5) is 12.6. The van der Waals surface area contributed by atoms with E-state index in [0.717, 1.165) is 28.2 Å². The fourth-order valence-electron chi connectivity index (χ4n) is 1.40.